The zero-order valence-electron chi connectivity index (χ0n) is 9.98. The minimum absolute atomic E-state index is 0.0294. The molecule has 2 atom stereocenters. The lowest BCUT2D eigenvalue weighted by atomic mass is 10.1. The molecule has 16 heavy (non-hydrogen) atoms. The van der Waals surface area contributed by atoms with Crippen LogP contribution in [0.15, 0.2) is 24.3 Å². The van der Waals surface area contributed by atoms with Gasteiger partial charge in [-0.3, -0.25) is 0 Å². The van der Waals surface area contributed by atoms with E-state index in [2.05, 4.69) is 17.0 Å². The van der Waals surface area contributed by atoms with Crippen LogP contribution in [-0.4, -0.2) is 23.8 Å². The van der Waals surface area contributed by atoms with Gasteiger partial charge in [0.15, 0.2) is 0 Å². The monoisotopic (exact) mass is 220 g/mol. The van der Waals surface area contributed by atoms with Crippen molar-refractivity contribution in [2.24, 2.45) is 5.73 Å². The molecule has 0 spiro atoms. The average molecular weight is 220 g/mol. The molecule has 1 aromatic rings. The first-order valence-electron chi connectivity index (χ1n) is 5.81. The summed E-state index contributed by atoms with van der Waals surface area (Å²) >= 11 is 0. The molecule has 3 heteroatoms. The average Bonchev–Trinajstić information content (AvgIpc) is 2.59. The fourth-order valence-corrected chi connectivity index (χ4v) is 2.31. The van der Waals surface area contributed by atoms with E-state index in [1.165, 1.54) is 0 Å². The Morgan fingerprint density at radius 1 is 1.44 bits per heavy atom. The molecule has 3 N–H and O–H groups in total. The summed E-state index contributed by atoms with van der Waals surface area (Å²) in [5.74, 6) is 0. The molecule has 2 rings (SSSR count). The highest BCUT2D eigenvalue weighted by Gasteiger charge is 2.32. The van der Waals surface area contributed by atoms with Crippen molar-refractivity contribution < 1.29 is 5.11 Å². The second-order valence-corrected chi connectivity index (χ2v) is 5.02. The van der Waals surface area contributed by atoms with Crippen LogP contribution in [0, 0.1) is 0 Å². The maximum absolute atomic E-state index is 9.98. The molecule has 0 aliphatic carbocycles. The molecule has 0 saturated carbocycles. The number of β-amino-alcohol motifs (C(OH)–C–C–N with tert-alkyl or cyclic N) is 1. The van der Waals surface area contributed by atoms with Gasteiger partial charge in [0.1, 0.15) is 0 Å². The second-order valence-electron chi connectivity index (χ2n) is 5.02. The summed E-state index contributed by atoms with van der Waals surface area (Å²) in [6.45, 7) is 5.47. The van der Waals surface area contributed by atoms with Gasteiger partial charge in [-0.2, -0.15) is 0 Å². The molecule has 1 fully saturated rings. The number of rotatable bonds is 2. The molecule has 3 nitrogen and oxygen atoms in total. The Kier molecular flexibility index (Phi) is 2.91. The van der Waals surface area contributed by atoms with E-state index in [4.69, 9.17) is 5.73 Å². The molecule has 2 unspecified atom stereocenters. The number of anilines is 1. The van der Waals surface area contributed by atoms with Gasteiger partial charge < -0.3 is 15.7 Å². The normalized spacial score (nSPS) is 27.1. The number of hydrogen-bond donors (Lipinski definition) is 2. The fraction of sp³-hybridized carbons (Fsp3) is 0.538. The van der Waals surface area contributed by atoms with Crippen LogP contribution >= 0.6 is 0 Å². The van der Waals surface area contributed by atoms with Crippen LogP contribution in [0.2, 0.25) is 0 Å². The summed E-state index contributed by atoms with van der Waals surface area (Å²) < 4.78 is 0. The van der Waals surface area contributed by atoms with E-state index in [0.717, 1.165) is 24.2 Å². The molecule has 88 valence electrons. The van der Waals surface area contributed by atoms with Crippen molar-refractivity contribution in [1.82, 2.24) is 0 Å². The number of nitrogens with two attached hydrogens (primary N) is 1. The topological polar surface area (TPSA) is 49.5 Å². The van der Waals surface area contributed by atoms with E-state index in [-0.39, 0.29) is 6.04 Å². The Balaban J connectivity index is 2.28. The molecular weight excluding hydrogens is 200 g/mol. The largest absolute Gasteiger partial charge is 0.388 e. The molecule has 1 saturated heterocycles. The molecule has 0 aromatic heterocycles. The highest BCUT2D eigenvalue weighted by atomic mass is 16.3. The van der Waals surface area contributed by atoms with Gasteiger partial charge in [0.25, 0.3) is 0 Å². The third-order valence-electron chi connectivity index (χ3n) is 3.22. The molecular formula is C13H20N2O. The third-order valence-corrected chi connectivity index (χ3v) is 3.22. The van der Waals surface area contributed by atoms with Gasteiger partial charge in [-0.25, -0.2) is 0 Å². The minimum Gasteiger partial charge on any atom is -0.388 e. The lowest BCUT2D eigenvalue weighted by Crippen LogP contribution is -2.30. The Morgan fingerprint density at radius 2 is 2.12 bits per heavy atom. The summed E-state index contributed by atoms with van der Waals surface area (Å²) in [7, 11) is 0. The van der Waals surface area contributed by atoms with E-state index < -0.39 is 5.60 Å². The number of hydrogen-bond acceptors (Lipinski definition) is 3. The van der Waals surface area contributed by atoms with Crippen LogP contribution in [0.25, 0.3) is 0 Å². The molecule has 0 bridgehead atoms. The van der Waals surface area contributed by atoms with Crippen LogP contribution in [0.3, 0.4) is 0 Å². The first kappa shape index (κ1) is 11.4. The number of para-hydroxylation sites is 1. The van der Waals surface area contributed by atoms with Crippen LogP contribution in [0.4, 0.5) is 5.69 Å². The quantitative estimate of drug-likeness (QED) is 0.797. The summed E-state index contributed by atoms with van der Waals surface area (Å²) in [6, 6.07) is 8.21. The second kappa shape index (κ2) is 4.07. The molecule has 1 heterocycles. The molecule has 1 aromatic carbocycles. The Hall–Kier alpha value is -1.06. The van der Waals surface area contributed by atoms with Crippen molar-refractivity contribution in [3.8, 4) is 0 Å². The number of aliphatic hydroxyl groups is 1. The standard InChI is InChI=1S/C13H20N2O/c1-10(14)11-5-3-4-6-12(11)15-8-7-13(2,16)9-15/h3-6,10,16H,7-9,14H2,1-2H3. The van der Waals surface area contributed by atoms with Crippen molar-refractivity contribution in [2.45, 2.75) is 31.9 Å². The van der Waals surface area contributed by atoms with Crippen LogP contribution in [0.1, 0.15) is 31.9 Å². The van der Waals surface area contributed by atoms with Crippen molar-refractivity contribution in [3.63, 3.8) is 0 Å². The van der Waals surface area contributed by atoms with Gasteiger partial charge in [-0.05, 0) is 31.9 Å². The van der Waals surface area contributed by atoms with Gasteiger partial charge in [0.2, 0.25) is 0 Å². The predicted octanol–water partition coefficient (Wildman–Crippen LogP) is 1.67. The van der Waals surface area contributed by atoms with E-state index >= 15 is 0 Å². The first-order chi connectivity index (χ1) is 7.49. The van der Waals surface area contributed by atoms with Crippen LogP contribution in [0.5, 0.6) is 0 Å². The number of nitrogens with zero attached hydrogens (tertiary/aromatic N) is 1. The summed E-state index contributed by atoms with van der Waals surface area (Å²) in [6.07, 6.45) is 0.820. The van der Waals surface area contributed by atoms with E-state index in [1.54, 1.807) is 0 Å². The lowest BCUT2D eigenvalue weighted by molar-refractivity contribution is 0.0839. The van der Waals surface area contributed by atoms with Gasteiger partial charge in [-0.15, -0.1) is 0 Å². The zero-order valence-corrected chi connectivity index (χ0v) is 9.98. The van der Waals surface area contributed by atoms with Crippen molar-refractivity contribution >= 4 is 5.69 Å². The molecule has 1 aliphatic heterocycles. The molecule has 1 aliphatic rings. The van der Waals surface area contributed by atoms with E-state index in [9.17, 15) is 5.11 Å². The SMILES string of the molecule is CC(N)c1ccccc1N1CCC(C)(O)C1. The third kappa shape index (κ3) is 2.20. The van der Waals surface area contributed by atoms with Crippen molar-refractivity contribution in [1.29, 1.82) is 0 Å². The van der Waals surface area contributed by atoms with Crippen molar-refractivity contribution in [2.75, 3.05) is 18.0 Å². The molecule has 0 amide bonds. The minimum atomic E-state index is -0.565. The van der Waals surface area contributed by atoms with Gasteiger partial charge in [0, 0.05) is 24.8 Å². The maximum atomic E-state index is 9.98. The first-order valence-corrected chi connectivity index (χ1v) is 5.81. The summed E-state index contributed by atoms with van der Waals surface area (Å²) in [4.78, 5) is 2.22. The zero-order chi connectivity index (χ0) is 11.8. The van der Waals surface area contributed by atoms with E-state index in [1.807, 2.05) is 26.0 Å². The Bertz CT molecular complexity index is 374. The highest BCUT2D eigenvalue weighted by Crippen LogP contribution is 2.31. The smallest absolute Gasteiger partial charge is 0.0810 e. The fourth-order valence-electron chi connectivity index (χ4n) is 2.31. The molecule has 0 radical (unpaired) electrons. The highest BCUT2D eigenvalue weighted by molar-refractivity contribution is 5.56. The summed E-state index contributed by atoms with van der Waals surface area (Å²) in [5, 5.41) is 9.98. The number of benzene rings is 1. The van der Waals surface area contributed by atoms with Crippen LogP contribution < -0.4 is 10.6 Å². The predicted molar refractivity (Wildman–Crippen MR) is 66.5 cm³/mol. The maximum Gasteiger partial charge on any atom is 0.0810 e. The van der Waals surface area contributed by atoms with Gasteiger partial charge >= 0.3 is 0 Å². The summed E-state index contributed by atoms with van der Waals surface area (Å²) in [5.41, 5.74) is 7.71. The lowest BCUT2D eigenvalue weighted by Gasteiger charge is -2.24. The van der Waals surface area contributed by atoms with Crippen molar-refractivity contribution in [3.05, 3.63) is 29.8 Å². The van der Waals surface area contributed by atoms with E-state index in [0.29, 0.717) is 6.54 Å². The Labute approximate surface area is 96.9 Å². The van der Waals surface area contributed by atoms with Gasteiger partial charge in [-0.1, -0.05) is 18.2 Å². The van der Waals surface area contributed by atoms with Crippen LogP contribution in [-0.2, 0) is 0 Å². The Morgan fingerprint density at radius 3 is 2.69 bits per heavy atom. The van der Waals surface area contributed by atoms with Gasteiger partial charge in [0.05, 0.1) is 5.60 Å².